The van der Waals surface area contributed by atoms with Gasteiger partial charge in [-0.25, -0.2) is 4.39 Å². The van der Waals surface area contributed by atoms with Crippen LogP contribution >= 0.6 is 0 Å². The molecule has 0 spiro atoms. The topological polar surface area (TPSA) is 64.4 Å². The lowest BCUT2D eigenvalue weighted by atomic mass is 10.1. The van der Waals surface area contributed by atoms with E-state index in [0.717, 1.165) is 25.5 Å². The quantitative estimate of drug-likeness (QED) is 0.663. The first-order valence-corrected chi connectivity index (χ1v) is 5.90. The zero-order valence-electron chi connectivity index (χ0n) is 10.1. The van der Waals surface area contributed by atoms with E-state index in [0.29, 0.717) is 12.1 Å². The molecule has 1 heterocycles. The molecular weight excluding hydrogens is 239 g/mol. The van der Waals surface area contributed by atoms with Crippen LogP contribution < -0.4 is 10.1 Å². The largest absolute Gasteiger partial charge is 0.482 e. The summed E-state index contributed by atoms with van der Waals surface area (Å²) in [5.41, 5.74) is 0.0306. The van der Waals surface area contributed by atoms with Gasteiger partial charge in [-0.2, -0.15) is 0 Å². The van der Waals surface area contributed by atoms with Gasteiger partial charge in [-0.1, -0.05) is 0 Å². The summed E-state index contributed by atoms with van der Waals surface area (Å²) in [5.74, 6) is -0.441. The Balaban J connectivity index is 2.24. The van der Waals surface area contributed by atoms with Gasteiger partial charge in [-0.15, -0.1) is 0 Å². The van der Waals surface area contributed by atoms with Gasteiger partial charge in [-0.05, 0) is 37.9 Å². The molecule has 0 aliphatic carbocycles. The molecule has 0 saturated carbocycles. The van der Waals surface area contributed by atoms with Crippen LogP contribution in [-0.4, -0.2) is 24.1 Å². The molecule has 1 fully saturated rings. The van der Waals surface area contributed by atoms with E-state index in [1.54, 1.807) is 6.92 Å². The molecule has 0 radical (unpaired) electrons. The van der Waals surface area contributed by atoms with E-state index in [9.17, 15) is 14.5 Å². The van der Waals surface area contributed by atoms with Gasteiger partial charge in [0.15, 0.2) is 5.75 Å². The van der Waals surface area contributed by atoms with Gasteiger partial charge in [0.25, 0.3) is 0 Å². The number of ether oxygens (including phenoxy) is 1. The van der Waals surface area contributed by atoms with Crippen LogP contribution in [0.25, 0.3) is 0 Å². The summed E-state index contributed by atoms with van der Waals surface area (Å²) < 4.78 is 18.9. The molecule has 98 valence electrons. The Hall–Kier alpha value is -1.69. The zero-order valence-corrected chi connectivity index (χ0v) is 10.1. The Labute approximate surface area is 104 Å². The first-order valence-electron chi connectivity index (χ1n) is 5.90. The highest BCUT2D eigenvalue weighted by Gasteiger charge is 2.22. The molecule has 18 heavy (non-hydrogen) atoms. The highest BCUT2D eigenvalue weighted by molar-refractivity contribution is 5.49. The maximum absolute atomic E-state index is 13.3. The van der Waals surface area contributed by atoms with Crippen molar-refractivity contribution in [1.82, 2.24) is 5.32 Å². The molecule has 1 atom stereocenters. The number of hydrogen-bond donors (Lipinski definition) is 1. The Morgan fingerprint density at radius 2 is 2.33 bits per heavy atom. The molecule has 1 aliphatic rings. The molecule has 1 unspecified atom stereocenters. The van der Waals surface area contributed by atoms with Crippen molar-refractivity contribution in [2.75, 3.05) is 13.1 Å². The SMILES string of the molecule is Cc1cc(OC2CCCNC2)c([N+](=O)[O-])cc1F. The number of aryl methyl sites for hydroxylation is 1. The van der Waals surface area contributed by atoms with Crippen molar-refractivity contribution in [3.63, 3.8) is 0 Å². The average molecular weight is 254 g/mol. The third-order valence-corrected chi connectivity index (χ3v) is 2.98. The van der Waals surface area contributed by atoms with E-state index in [2.05, 4.69) is 5.32 Å². The van der Waals surface area contributed by atoms with E-state index < -0.39 is 10.7 Å². The molecule has 0 bridgehead atoms. The third kappa shape index (κ3) is 2.76. The Kier molecular flexibility index (Phi) is 3.76. The van der Waals surface area contributed by atoms with Crippen molar-refractivity contribution >= 4 is 5.69 Å². The van der Waals surface area contributed by atoms with Gasteiger partial charge in [0.1, 0.15) is 11.9 Å². The number of nitro groups is 1. The fourth-order valence-electron chi connectivity index (χ4n) is 1.98. The summed E-state index contributed by atoms with van der Waals surface area (Å²) in [5, 5.41) is 14.0. The van der Waals surface area contributed by atoms with Crippen LogP contribution in [0.4, 0.5) is 10.1 Å². The van der Waals surface area contributed by atoms with Gasteiger partial charge in [0, 0.05) is 6.54 Å². The van der Waals surface area contributed by atoms with Crippen LogP contribution in [-0.2, 0) is 0 Å². The summed E-state index contributed by atoms with van der Waals surface area (Å²) >= 11 is 0. The van der Waals surface area contributed by atoms with Crippen molar-refractivity contribution in [3.8, 4) is 5.75 Å². The number of nitro benzene ring substituents is 1. The first kappa shape index (κ1) is 12.8. The van der Waals surface area contributed by atoms with Crippen molar-refractivity contribution in [2.24, 2.45) is 0 Å². The molecule has 1 saturated heterocycles. The second kappa shape index (κ2) is 5.30. The molecular formula is C12H15FN2O3. The number of piperidine rings is 1. The summed E-state index contributed by atoms with van der Waals surface area (Å²) in [4.78, 5) is 10.3. The van der Waals surface area contributed by atoms with Gasteiger partial charge in [0.05, 0.1) is 11.0 Å². The number of halogens is 1. The fraction of sp³-hybridized carbons (Fsp3) is 0.500. The van der Waals surface area contributed by atoms with E-state index >= 15 is 0 Å². The summed E-state index contributed by atoms with van der Waals surface area (Å²) in [6.07, 6.45) is 1.72. The number of hydrogen-bond acceptors (Lipinski definition) is 4. The van der Waals surface area contributed by atoms with Crippen molar-refractivity contribution in [3.05, 3.63) is 33.6 Å². The number of rotatable bonds is 3. The third-order valence-electron chi connectivity index (χ3n) is 2.98. The molecule has 0 amide bonds. The van der Waals surface area contributed by atoms with E-state index in [1.807, 2.05) is 0 Å². The maximum atomic E-state index is 13.3. The van der Waals surface area contributed by atoms with Crippen LogP contribution in [0.15, 0.2) is 12.1 Å². The molecule has 0 aromatic heterocycles. The minimum absolute atomic E-state index is 0.0951. The second-order valence-corrected chi connectivity index (χ2v) is 4.41. The van der Waals surface area contributed by atoms with Crippen molar-refractivity contribution < 1.29 is 14.1 Å². The molecule has 2 rings (SSSR count). The van der Waals surface area contributed by atoms with E-state index in [4.69, 9.17) is 4.74 Å². The van der Waals surface area contributed by atoms with E-state index in [1.165, 1.54) is 6.07 Å². The minimum atomic E-state index is -0.617. The van der Waals surface area contributed by atoms with Crippen molar-refractivity contribution in [1.29, 1.82) is 0 Å². The summed E-state index contributed by atoms with van der Waals surface area (Å²) in [6.45, 7) is 3.16. The average Bonchev–Trinajstić information content (AvgIpc) is 2.34. The first-order chi connectivity index (χ1) is 8.58. The standard InChI is InChI=1S/C12H15FN2O3/c1-8-5-12(11(15(16)17)6-10(8)13)18-9-3-2-4-14-7-9/h5-6,9,14H,2-4,7H2,1H3. The Morgan fingerprint density at radius 3 is 2.94 bits per heavy atom. The Morgan fingerprint density at radius 1 is 1.56 bits per heavy atom. The predicted octanol–water partition coefficient (Wildman–Crippen LogP) is 2.17. The molecule has 1 aromatic rings. The normalized spacial score (nSPS) is 19.6. The lowest BCUT2D eigenvalue weighted by molar-refractivity contribution is -0.386. The predicted molar refractivity (Wildman–Crippen MR) is 64.3 cm³/mol. The molecule has 5 nitrogen and oxygen atoms in total. The molecule has 1 N–H and O–H groups in total. The Bertz CT molecular complexity index is 459. The van der Waals surface area contributed by atoms with Gasteiger partial charge in [-0.3, -0.25) is 10.1 Å². The number of benzene rings is 1. The highest BCUT2D eigenvalue weighted by atomic mass is 19.1. The lowest BCUT2D eigenvalue weighted by Crippen LogP contribution is -2.37. The molecule has 1 aromatic carbocycles. The monoisotopic (exact) mass is 254 g/mol. The van der Waals surface area contributed by atoms with Gasteiger partial charge >= 0.3 is 5.69 Å². The van der Waals surface area contributed by atoms with Crippen LogP contribution in [0.5, 0.6) is 5.75 Å². The van der Waals surface area contributed by atoms with Gasteiger partial charge in [0.2, 0.25) is 0 Å². The highest BCUT2D eigenvalue weighted by Crippen LogP contribution is 2.31. The summed E-state index contributed by atoms with van der Waals surface area (Å²) in [7, 11) is 0. The zero-order chi connectivity index (χ0) is 13.1. The smallest absolute Gasteiger partial charge is 0.313 e. The number of nitrogens with one attached hydrogen (secondary N) is 1. The van der Waals surface area contributed by atoms with E-state index in [-0.39, 0.29) is 17.5 Å². The van der Waals surface area contributed by atoms with Crippen molar-refractivity contribution in [2.45, 2.75) is 25.9 Å². The lowest BCUT2D eigenvalue weighted by Gasteiger charge is -2.23. The van der Waals surface area contributed by atoms with Crippen LogP contribution in [0.3, 0.4) is 0 Å². The maximum Gasteiger partial charge on any atom is 0.313 e. The minimum Gasteiger partial charge on any atom is -0.482 e. The second-order valence-electron chi connectivity index (χ2n) is 4.41. The van der Waals surface area contributed by atoms with Crippen LogP contribution in [0, 0.1) is 22.9 Å². The van der Waals surface area contributed by atoms with Gasteiger partial charge < -0.3 is 10.1 Å². The van der Waals surface area contributed by atoms with Crippen LogP contribution in [0.1, 0.15) is 18.4 Å². The fourth-order valence-corrected chi connectivity index (χ4v) is 1.98. The van der Waals surface area contributed by atoms with Crippen LogP contribution in [0.2, 0.25) is 0 Å². The number of nitrogens with zero attached hydrogens (tertiary/aromatic N) is 1. The molecule has 1 aliphatic heterocycles. The molecule has 6 heteroatoms. The summed E-state index contributed by atoms with van der Waals surface area (Å²) in [6, 6.07) is 2.31.